The zero-order valence-corrected chi connectivity index (χ0v) is 14.1. The first-order chi connectivity index (χ1) is 12.3. The zero-order valence-electron chi connectivity index (χ0n) is 14.1. The quantitative estimate of drug-likeness (QED) is 0.712. The number of rotatable bonds is 5. The van der Waals surface area contributed by atoms with Crippen molar-refractivity contribution in [2.75, 3.05) is 20.2 Å². The van der Waals surface area contributed by atoms with Crippen LogP contribution in [0.3, 0.4) is 0 Å². The molecular formula is C20H20N2O3. The number of nitrogens with zero attached hydrogens (tertiary/aromatic N) is 2. The first kappa shape index (κ1) is 15.7. The lowest BCUT2D eigenvalue weighted by molar-refractivity contribution is 0.0619. The number of para-hydroxylation sites is 2. The van der Waals surface area contributed by atoms with Gasteiger partial charge in [0.2, 0.25) is 5.89 Å². The van der Waals surface area contributed by atoms with Crippen LogP contribution in [-0.2, 0) is 6.54 Å². The third-order valence-electron chi connectivity index (χ3n) is 4.10. The molecule has 1 aromatic heterocycles. The van der Waals surface area contributed by atoms with Crippen molar-refractivity contribution in [2.45, 2.75) is 12.6 Å². The van der Waals surface area contributed by atoms with Gasteiger partial charge in [-0.2, -0.15) is 0 Å². The van der Waals surface area contributed by atoms with Gasteiger partial charge >= 0.3 is 0 Å². The third-order valence-corrected chi connectivity index (χ3v) is 4.10. The molecule has 0 radical (unpaired) electrons. The summed E-state index contributed by atoms with van der Waals surface area (Å²) in [6.45, 7) is 1.90. The number of likely N-dealkylation sites (N-methyl/N-ethyl adjacent to an activating group) is 1. The molecule has 2 heterocycles. The average molecular weight is 336 g/mol. The van der Waals surface area contributed by atoms with Gasteiger partial charge in [-0.25, -0.2) is 4.98 Å². The fourth-order valence-electron chi connectivity index (χ4n) is 2.92. The van der Waals surface area contributed by atoms with Crippen molar-refractivity contribution < 1.29 is 13.9 Å². The smallest absolute Gasteiger partial charge is 0.209 e. The summed E-state index contributed by atoms with van der Waals surface area (Å²) in [7, 11) is 2.02. The first-order valence-corrected chi connectivity index (χ1v) is 8.35. The zero-order chi connectivity index (χ0) is 17.1. The second kappa shape index (κ2) is 6.99. The van der Waals surface area contributed by atoms with E-state index in [1.807, 2.05) is 61.6 Å². The predicted octanol–water partition coefficient (Wildman–Crippen LogP) is 3.61. The van der Waals surface area contributed by atoms with E-state index in [9.17, 15) is 0 Å². The van der Waals surface area contributed by atoms with Crippen LogP contribution in [0, 0.1) is 0 Å². The van der Waals surface area contributed by atoms with Gasteiger partial charge in [-0.3, -0.25) is 4.90 Å². The topological polar surface area (TPSA) is 47.7 Å². The van der Waals surface area contributed by atoms with Crippen molar-refractivity contribution in [3.63, 3.8) is 0 Å². The molecule has 2 aromatic carbocycles. The molecule has 4 rings (SSSR count). The molecule has 1 atom stereocenters. The van der Waals surface area contributed by atoms with Gasteiger partial charge in [0.05, 0.1) is 12.7 Å². The Bertz CT molecular complexity index is 832. The highest BCUT2D eigenvalue weighted by Crippen LogP contribution is 2.31. The van der Waals surface area contributed by atoms with Crippen LogP contribution in [0.1, 0.15) is 5.89 Å². The van der Waals surface area contributed by atoms with Gasteiger partial charge in [0, 0.05) is 12.1 Å². The van der Waals surface area contributed by atoms with Crippen molar-refractivity contribution in [3.8, 4) is 22.8 Å². The lowest BCUT2D eigenvalue weighted by Crippen LogP contribution is -2.39. The second-order valence-corrected chi connectivity index (χ2v) is 6.18. The summed E-state index contributed by atoms with van der Waals surface area (Å²) in [5.41, 5.74) is 1.03. The van der Waals surface area contributed by atoms with Gasteiger partial charge in [-0.1, -0.05) is 42.5 Å². The molecule has 0 aliphatic carbocycles. The Hall–Kier alpha value is -2.79. The maximum absolute atomic E-state index is 6.00. The van der Waals surface area contributed by atoms with Crippen LogP contribution in [0.25, 0.3) is 11.3 Å². The molecular weight excluding hydrogens is 316 g/mol. The van der Waals surface area contributed by atoms with Crippen LogP contribution in [0.15, 0.2) is 65.2 Å². The van der Waals surface area contributed by atoms with Crippen LogP contribution >= 0.6 is 0 Å². The number of oxazole rings is 1. The summed E-state index contributed by atoms with van der Waals surface area (Å²) in [6, 6.07) is 17.7. The highest BCUT2D eigenvalue weighted by molar-refractivity contribution is 5.55. The fourth-order valence-corrected chi connectivity index (χ4v) is 2.92. The Balaban J connectivity index is 1.35. The number of benzene rings is 2. The number of hydrogen-bond acceptors (Lipinski definition) is 5. The SMILES string of the molecule is CN(Cc1ncc(-c2ccccc2)o1)C[C@H]1COc2ccccc2O1. The monoisotopic (exact) mass is 336 g/mol. The maximum atomic E-state index is 6.00. The number of ether oxygens (including phenoxy) is 2. The maximum Gasteiger partial charge on any atom is 0.209 e. The molecule has 0 fully saturated rings. The normalized spacial score (nSPS) is 16.2. The van der Waals surface area contributed by atoms with Gasteiger partial charge < -0.3 is 13.9 Å². The Labute approximate surface area is 146 Å². The molecule has 0 saturated heterocycles. The summed E-state index contributed by atoms with van der Waals surface area (Å²) in [5.74, 6) is 3.09. The first-order valence-electron chi connectivity index (χ1n) is 8.35. The van der Waals surface area contributed by atoms with E-state index >= 15 is 0 Å². The Kier molecular flexibility index (Phi) is 4.39. The van der Waals surface area contributed by atoms with Gasteiger partial charge in [0.25, 0.3) is 0 Å². The van der Waals surface area contributed by atoms with Crippen LogP contribution in [0.5, 0.6) is 11.5 Å². The van der Waals surface area contributed by atoms with E-state index in [4.69, 9.17) is 13.9 Å². The summed E-state index contributed by atoms with van der Waals surface area (Å²) in [4.78, 5) is 6.51. The second-order valence-electron chi connectivity index (χ2n) is 6.18. The molecule has 5 heteroatoms. The predicted molar refractivity (Wildman–Crippen MR) is 94.6 cm³/mol. The summed E-state index contributed by atoms with van der Waals surface area (Å²) in [6.07, 6.45) is 1.76. The van der Waals surface area contributed by atoms with Gasteiger partial charge in [0.15, 0.2) is 17.3 Å². The van der Waals surface area contributed by atoms with Gasteiger partial charge in [0.1, 0.15) is 12.7 Å². The molecule has 0 bridgehead atoms. The minimum atomic E-state index is -0.0107. The van der Waals surface area contributed by atoms with Crippen molar-refractivity contribution in [1.82, 2.24) is 9.88 Å². The van der Waals surface area contributed by atoms with Crippen LogP contribution in [0.4, 0.5) is 0 Å². The lowest BCUT2D eigenvalue weighted by Gasteiger charge is -2.29. The molecule has 0 spiro atoms. The fraction of sp³-hybridized carbons (Fsp3) is 0.250. The summed E-state index contributed by atoms with van der Waals surface area (Å²) >= 11 is 0. The molecule has 0 amide bonds. The molecule has 1 aliphatic heterocycles. The Morgan fingerprint density at radius 1 is 1.04 bits per heavy atom. The average Bonchev–Trinajstić information content (AvgIpc) is 3.10. The Morgan fingerprint density at radius 2 is 1.80 bits per heavy atom. The van der Waals surface area contributed by atoms with E-state index < -0.39 is 0 Å². The summed E-state index contributed by atoms with van der Waals surface area (Å²) < 4.78 is 17.6. The Morgan fingerprint density at radius 3 is 2.64 bits per heavy atom. The van der Waals surface area contributed by atoms with Gasteiger partial charge in [-0.05, 0) is 19.2 Å². The molecule has 0 unspecified atom stereocenters. The molecule has 128 valence electrons. The number of fused-ring (bicyclic) bond motifs is 1. The molecule has 25 heavy (non-hydrogen) atoms. The van der Waals surface area contributed by atoms with Crippen molar-refractivity contribution in [1.29, 1.82) is 0 Å². The molecule has 3 aromatic rings. The van der Waals surface area contributed by atoms with Crippen LogP contribution < -0.4 is 9.47 Å². The van der Waals surface area contributed by atoms with E-state index in [1.54, 1.807) is 6.20 Å². The lowest BCUT2D eigenvalue weighted by atomic mass is 10.2. The molecule has 5 nitrogen and oxygen atoms in total. The molecule has 0 saturated carbocycles. The van der Waals surface area contributed by atoms with Crippen molar-refractivity contribution in [3.05, 3.63) is 66.7 Å². The highest BCUT2D eigenvalue weighted by atomic mass is 16.6. The number of aromatic nitrogens is 1. The minimum Gasteiger partial charge on any atom is -0.486 e. The third kappa shape index (κ3) is 3.67. The number of hydrogen-bond donors (Lipinski definition) is 0. The summed E-state index contributed by atoms with van der Waals surface area (Å²) in [5, 5.41) is 0. The van der Waals surface area contributed by atoms with E-state index in [0.29, 0.717) is 19.0 Å². The van der Waals surface area contributed by atoms with Crippen LogP contribution in [0.2, 0.25) is 0 Å². The molecule has 1 aliphatic rings. The standard InChI is InChI=1S/C20H20N2O3/c1-22(12-16-14-23-17-9-5-6-10-18(17)24-16)13-20-21-11-19(25-20)15-7-3-2-4-8-15/h2-11,16H,12-14H2,1H3/t16-/m0/s1. The van der Waals surface area contributed by atoms with Crippen molar-refractivity contribution in [2.24, 2.45) is 0 Å². The van der Waals surface area contributed by atoms with E-state index in [-0.39, 0.29) is 6.10 Å². The minimum absolute atomic E-state index is 0.0107. The molecule has 0 N–H and O–H groups in total. The van der Waals surface area contributed by atoms with E-state index in [0.717, 1.165) is 29.4 Å². The van der Waals surface area contributed by atoms with E-state index in [2.05, 4.69) is 9.88 Å². The highest BCUT2D eigenvalue weighted by Gasteiger charge is 2.22. The van der Waals surface area contributed by atoms with Crippen molar-refractivity contribution >= 4 is 0 Å². The van der Waals surface area contributed by atoms with E-state index in [1.165, 1.54) is 0 Å². The van der Waals surface area contributed by atoms with Gasteiger partial charge in [-0.15, -0.1) is 0 Å². The van der Waals surface area contributed by atoms with Crippen LogP contribution in [-0.4, -0.2) is 36.2 Å². The largest absolute Gasteiger partial charge is 0.486 e.